The molecule has 0 radical (unpaired) electrons. The first-order valence-electron chi connectivity index (χ1n) is 7.80. The van der Waals surface area contributed by atoms with Crippen molar-refractivity contribution in [3.63, 3.8) is 0 Å². The Morgan fingerprint density at radius 2 is 2.05 bits per heavy atom. The number of hydrogen-bond donors (Lipinski definition) is 1. The minimum atomic E-state index is 0.458. The van der Waals surface area contributed by atoms with Crippen LogP contribution in [0.5, 0.6) is 0 Å². The van der Waals surface area contributed by atoms with Crippen LogP contribution in [-0.2, 0) is 0 Å². The number of piperidine rings is 1. The topological polar surface area (TPSA) is 15.3 Å². The second-order valence-electron chi connectivity index (χ2n) is 5.82. The van der Waals surface area contributed by atoms with Crippen molar-refractivity contribution in [1.82, 2.24) is 10.2 Å². The molecule has 106 valence electrons. The van der Waals surface area contributed by atoms with E-state index < -0.39 is 0 Å². The van der Waals surface area contributed by atoms with Gasteiger partial charge in [-0.15, -0.1) is 0 Å². The van der Waals surface area contributed by atoms with Crippen molar-refractivity contribution in [3.8, 4) is 0 Å². The van der Waals surface area contributed by atoms with Crippen LogP contribution >= 0.6 is 0 Å². The molecule has 2 unspecified atom stereocenters. The smallest absolute Gasteiger partial charge is 0.0291 e. The lowest BCUT2D eigenvalue weighted by molar-refractivity contribution is 0.158. The molecule has 2 rings (SSSR count). The Morgan fingerprint density at radius 1 is 1.26 bits per heavy atom. The second-order valence-corrected chi connectivity index (χ2v) is 5.82. The molecule has 1 aliphatic heterocycles. The highest BCUT2D eigenvalue weighted by atomic mass is 15.2. The third kappa shape index (κ3) is 4.63. The van der Waals surface area contributed by atoms with E-state index in [0.29, 0.717) is 6.04 Å². The molecule has 0 aliphatic carbocycles. The Balaban J connectivity index is 1.64. The highest BCUT2D eigenvalue weighted by molar-refractivity contribution is 5.17. The van der Waals surface area contributed by atoms with Crippen LogP contribution in [0.4, 0.5) is 0 Å². The Morgan fingerprint density at radius 3 is 2.79 bits per heavy atom. The third-order valence-electron chi connectivity index (χ3n) is 4.31. The molecule has 2 heteroatoms. The predicted molar refractivity (Wildman–Crippen MR) is 82.4 cm³/mol. The van der Waals surface area contributed by atoms with Gasteiger partial charge in [0, 0.05) is 12.1 Å². The van der Waals surface area contributed by atoms with Gasteiger partial charge in [0.05, 0.1) is 0 Å². The van der Waals surface area contributed by atoms with Crippen molar-refractivity contribution < 1.29 is 0 Å². The molecule has 1 N–H and O–H groups in total. The van der Waals surface area contributed by atoms with Gasteiger partial charge in [0.2, 0.25) is 0 Å². The van der Waals surface area contributed by atoms with Crippen LogP contribution in [0, 0.1) is 0 Å². The van der Waals surface area contributed by atoms with Crippen molar-refractivity contribution in [2.45, 2.75) is 51.6 Å². The summed E-state index contributed by atoms with van der Waals surface area (Å²) in [5.41, 5.74) is 1.38. The number of nitrogens with one attached hydrogen (secondary N) is 1. The molecule has 1 saturated heterocycles. The maximum Gasteiger partial charge on any atom is 0.0291 e. The van der Waals surface area contributed by atoms with Crippen LogP contribution < -0.4 is 5.32 Å². The van der Waals surface area contributed by atoms with Gasteiger partial charge in [0.15, 0.2) is 0 Å². The summed E-state index contributed by atoms with van der Waals surface area (Å²) < 4.78 is 0. The Labute approximate surface area is 118 Å². The Hall–Kier alpha value is -0.860. The molecular formula is C17H28N2. The molecule has 1 aromatic carbocycles. The predicted octanol–water partition coefficient (Wildman–Crippen LogP) is 3.60. The van der Waals surface area contributed by atoms with Crippen molar-refractivity contribution in [2.24, 2.45) is 0 Å². The monoisotopic (exact) mass is 260 g/mol. The highest BCUT2D eigenvalue weighted by Gasteiger charge is 2.17. The van der Waals surface area contributed by atoms with Crippen LogP contribution in [0.25, 0.3) is 0 Å². The number of rotatable bonds is 6. The Kier molecular flexibility index (Phi) is 5.87. The van der Waals surface area contributed by atoms with Crippen molar-refractivity contribution in [2.75, 3.05) is 19.6 Å². The van der Waals surface area contributed by atoms with Crippen molar-refractivity contribution >= 4 is 0 Å². The summed E-state index contributed by atoms with van der Waals surface area (Å²) in [7, 11) is 0. The average Bonchev–Trinajstić information content (AvgIpc) is 2.46. The molecule has 0 spiro atoms. The standard InChI is InChI=1S/C17H28N2/c1-15-9-6-7-13-19(15)14-8-12-18-16(2)17-10-4-3-5-11-17/h3-5,10-11,15-16,18H,6-9,12-14H2,1-2H3. The van der Waals surface area contributed by atoms with Gasteiger partial charge in [-0.25, -0.2) is 0 Å². The minimum Gasteiger partial charge on any atom is -0.310 e. The van der Waals surface area contributed by atoms with Crippen LogP contribution in [0.1, 0.15) is 51.1 Å². The van der Waals surface area contributed by atoms with E-state index in [1.54, 1.807) is 0 Å². The Bertz CT molecular complexity index is 350. The first-order chi connectivity index (χ1) is 9.27. The maximum atomic E-state index is 3.63. The SMILES string of the molecule is CC(NCCCN1CCCCC1C)c1ccccc1. The highest BCUT2D eigenvalue weighted by Crippen LogP contribution is 2.16. The fraction of sp³-hybridized carbons (Fsp3) is 0.647. The number of benzene rings is 1. The zero-order chi connectivity index (χ0) is 13.5. The zero-order valence-electron chi connectivity index (χ0n) is 12.4. The lowest BCUT2D eigenvalue weighted by Gasteiger charge is -2.33. The number of hydrogen-bond acceptors (Lipinski definition) is 2. The van der Waals surface area contributed by atoms with Crippen LogP contribution in [-0.4, -0.2) is 30.6 Å². The molecule has 1 heterocycles. The molecule has 2 atom stereocenters. The van der Waals surface area contributed by atoms with Crippen molar-refractivity contribution in [3.05, 3.63) is 35.9 Å². The average molecular weight is 260 g/mol. The molecule has 1 aliphatic rings. The first kappa shape index (κ1) is 14.5. The molecule has 0 bridgehead atoms. The van der Waals surface area contributed by atoms with E-state index in [4.69, 9.17) is 0 Å². The van der Waals surface area contributed by atoms with E-state index in [-0.39, 0.29) is 0 Å². The fourth-order valence-corrected chi connectivity index (χ4v) is 2.95. The lowest BCUT2D eigenvalue weighted by atomic mass is 10.0. The van der Waals surface area contributed by atoms with Crippen molar-refractivity contribution in [1.29, 1.82) is 0 Å². The fourth-order valence-electron chi connectivity index (χ4n) is 2.95. The quantitative estimate of drug-likeness (QED) is 0.786. The van der Waals surface area contributed by atoms with E-state index in [1.807, 2.05) is 0 Å². The number of likely N-dealkylation sites (tertiary alicyclic amines) is 1. The summed E-state index contributed by atoms with van der Waals surface area (Å²) in [5, 5.41) is 3.63. The van der Waals surface area contributed by atoms with Gasteiger partial charge in [-0.3, -0.25) is 0 Å². The van der Waals surface area contributed by atoms with E-state index in [2.05, 4.69) is 54.4 Å². The van der Waals surface area contributed by atoms with Gasteiger partial charge in [-0.1, -0.05) is 36.8 Å². The third-order valence-corrected chi connectivity index (χ3v) is 4.31. The maximum absolute atomic E-state index is 3.63. The van der Waals surface area contributed by atoms with Gasteiger partial charge in [-0.05, 0) is 58.3 Å². The minimum absolute atomic E-state index is 0.458. The largest absolute Gasteiger partial charge is 0.310 e. The molecule has 2 nitrogen and oxygen atoms in total. The summed E-state index contributed by atoms with van der Waals surface area (Å²) in [5.74, 6) is 0. The van der Waals surface area contributed by atoms with E-state index in [9.17, 15) is 0 Å². The van der Waals surface area contributed by atoms with Gasteiger partial charge in [0.25, 0.3) is 0 Å². The molecular weight excluding hydrogens is 232 g/mol. The van der Waals surface area contributed by atoms with Gasteiger partial charge >= 0.3 is 0 Å². The van der Waals surface area contributed by atoms with Crippen LogP contribution in [0.2, 0.25) is 0 Å². The lowest BCUT2D eigenvalue weighted by Crippen LogP contribution is -2.39. The summed E-state index contributed by atoms with van der Waals surface area (Å²) in [6, 6.07) is 12.0. The summed E-state index contributed by atoms with van der Waals surface area (Å²) in [4.78, 5) is 2.65. The number of nitrogens with zero attached hydrogens (tertiary/aromatic N) is 1. The molecule has 19 heavy (non-hydrogen) atoms. The van der Waals surface area contributed by atoms with Gasteiger partial charge in [-0.2, -0.15) is 0 Å². The normalized spacial score (nSPS) is 22.3. The van der Waals surface area contributed by atoms with Crippen LogP contribution in [0.3, 0.4) is 0 Å². The van der Waals surface area contributed by atoms with E-state index in [0.717, 1.165) is 12.6 Å². The molecule has 0 aromatic heterocycles. The first-order valence-corrected chi connectivity index (χ1v) is 7.80. The summed E-state index contributed by atoms with van der Waals surface area (Å²) in [6.45, 7) is 8.28. The summed E-state index contributed by atoms with van der Waals surface area (Å²) in [6.07, 6.45) is 5.44. The van der Waals surface area contributed by atoms with E-state index >= 15 is 0 Å². The van der Waals surface area contributed by atoms with Gasteiger partial charge in [0.1, 0.15) is 0 Å². The molecule has 1 fully saturated rings. The van der Waals surface area contributed by atoms with Crippen LogP contribution in [0.15, 0.2) is 30.3 Å². The molecule has 0 saturated carbocycles. The molecule has 1 aromatic rings. The summed E-state index contributed by atoms with van der Waals surface area (Å²) >= 11 is 0. The molecule has 0 amide bonds. The zero-order valence-corrected chi connectivity index (χ0v) is 12.4. The van der Waals surface area contributed by atoms with Gasteiger partial charge < -0.3 is 10.2 Å². The van der Waals surface area contributed by atoms with E-state index in [1.165, 1.54) is 44.3 Å². The second kappa shape index (κ2) is 7.66.